The van der Waals surface area contributed by atoms with Crippen molar-refractivity contribution in [1.29, 1.82) is 5.26 Å². The molecule has 0 radical (unpaired) electrons. The van der Waals surface area contributed by atoms with Crippen LogP contribution in [0.4, 0.5) is 5.69 Å². The first kappa shape index (κ1) is 15.9. The van der Waals surface area contributed by atoms with Gasteiger partial charge in [0.25, 0.3) is 5.91 Å². The molecule has 0 fully saturated rings. The number of carbonyl (C=O) groups excluding carboxylic acids is 1. The van der Waals surface area contributed by atoms with Gasteiger partial charge in [-0.2, -0.15) is 5.26 Å². The number of benzene rings is 1. The second-order valence-electron chi connectivity index (χ2n) is 4.25. The molecule has 6 heteroatoms. The molecule has 0 aliphatic carbocycles. The minimum Gasteiger partial charge on any atom is -0.490 e. The van der Waals surface area contributed by atoms with Gasteiger partial charge in [-0.3, -0.25) is 4.79 Å². The van der Waals surface area contributed by atoms with Crippen molar-refractivity contribution in [2.24, 2.45) is 0 Å². The van der Waals surface area contributed by atoms with Crippen LogP contribution in [0.25, 0.3) is 0 Å². The number of nitrogens with zero attached hydrogens (tertiary/aromatic N) is 1. The summed E-state index contributed by atoms with van der Waals surface area (Å²) in [5.74, 6) is 0.748. The maximum absolute atomic E-state index is 12.1. The van der Waals surface area contributed by atoms with E-state index in [0.29, 0.717) is 40.8 Å². The van der Waals surface area contributed by atoms with E-state index in [1.54, 1.807) is 24.3 Å². The molecule has 1 aromatic carbocycles. The lowest BCUT2D eigenvalue weighted by atomic mass is 10.1. The second-order valence-corrected chi connectivity index (χ2v) is 5.20. The molecule has 1 amide bonds. The molecule has 0 bridgehead atoms. The van der Waals surface area contributed by atoms with Crippen molar-refractivity contribution in [2.45, 2.75) is 13.8 Å². The van der Waals surface area contributed by atoms with Crippen LogP contribution in [0.3, 0.4) is 0 Å². The van der Waals surface area contributed by atoms with Gasteiger partial charge in [0.15, 0.2) is 11.5 Å². The Hall–Kier alpha value is -2.52. The van der Waals surface area contributed by atoms with Gasteiger partial charge in [-0.1, -0.05) is 6.07 Å². The van der Waals surface area contributed by atoms with E-state index < -0.39 is 0 Å². The van der Waals surface area contributed by atoms with Crippen molar-refractivity contribution in [1.82, 2.24) is 0 Å². The number of nitrogens with one attached hydrogen (secondary N) is 1. The zero-order valence-corrected chi connectivity index (χ0v) is 13.2. The normalized spacial score (nSPS) is 9.86. The van der Waals surface area contributed by atoms with Crippen LogP contribution >= 0.6 is 11.3 Å². The van der Waals surface area contributed by atoms with Crippen LogP contribution in [0.2, 0.25) is 0 Å². The number of rotatable bonds is 6. The maximum Gasteiger partial charge on any atom is 0.265 e. The smallest absolute Gasteiger partial charge is 0.265 e. The number of ether oxygens (including phenoxy) is 2. The number of amides is 1. The number of anilines is 1. The van der Waals surface area contributed by atoms with E-state index in [1.165, 1.54) is 11.3 Å². The highest BCUT2D eigenvalue weighted by molar-refractivity contribution is 7.12. The van der Waals surface area contributed by atoms with E-state index in [4.69, 9.17) is 9.47 Å². The molecule has 0 saturated heterocycles. The second kappa shape index (κ2) is 7.48. The third kappa shape index (κ3) is 3.57. The zero-order chi connectivity index (χ0) is 15.9. The Bertz CT molecular complexity index is 690. The minimum atomic E-state index is -0.252. The molecule has 0 unspecified atom stereocenters. The van der Waals surface area contributed by atoms with Crippen LogP contribution < -0.4 is 14.8 Å². The summed E-state index contributed by atoms with van der Waals surface area (Å²) < 4.78 is 11.0. The summed E-state index contributed by atoms with van der Waals surface area (Å²) in [6, 6.07) is 8.80. The third-order valence-electron chi connectivity index (χ3n) is 2.80. The van der Waals surface area contributed by atoms with Gasteiger partial charge in [0.05, 0.1) is 29.3 Å². The van der Waals surface area contributed by atoms with Crippen molar-refractivity contribution in [3.05, 3.63) is 40.1 Å². The fraction of sp³-hybridized carbons (Fsp3) is 0.250. The largest absolute Gasteiger partial charge is 0.490 e. The number of hydrogen-bond acceptors (Lipinski definition) is 5. The number of nitriles is 1. The fourth-order valence-corrected chi connectivity index (χ4v) is 2.50. The lowest BCUT2D eigenvalue weighted by Gasteiger charge is -2.14. The van der Waals surface area contributed by atoms with E-state index in [0.717, 1.165) is 0 Å². The predicted molar refractivity (Wildman–Crippen MR) is 85.8 cm³/mol. The summed E-state index contributed by atoms with van der Waals surface area (Å²) >= 11 is 1.34. The molecule has 5 nitrogen and oxygen atoms in total. The quantitative estimate of drug-likeness (QED) is 0.882. The van der Waals surface area contributed by atoms with Crippen LogP contribution in [0.5, 0.6) is 11.5 Å². The first-order chi connectivity index (χ1) is 10.7. The van der Waals surface area contributed by atoms with E-state index >= 15 is 0 Å². The summed E-state index contributed by atoms with van der Waals surface area (Å²) in [7, 11) is 0. The molecule has 1 aromatic heterocycles. The highest BCUT2D eigenvalue weighted by atomic mass is 32.1. The maximum atomic E-state index is 12.1. The van der Waals surface area contributed by atoms with Gasteiger partial charge in [-0.25, -0.2) is 0 Å². The van der Waals surface area contributed by atoms with Gasteiger partial charge in [0.1, 0.15) is 6.07 Å². The van der Waals surface area contributed by atoms with Gasteiger partial charge in [0.2, 0.25) is 0 Å². The van der Waals surface area contributed by atoms with E-state index in [1.807, 2.05) is 19.2 Å². The lowest BCUT2D eigenvalue weighted by molar-refractivity contribution is 0.103. The van der Waals surface area contributed by atoms with Gasteiger partial charge >= 0.3 is 0 Å². The Morgan fingerprint density at radius 2 is 1.95 bits per heavy atom. The van der Waals surface area contributed by atoms with Gasteiger partial charge in [-0.15, -0.1) is 11.3 Å². The number of carbonyl (C=O) groups is 1. The van der Waals surface area contributed by atoms with Crippen molar-refractivity contribution >= 4 is 22.9 Å². The highest BCUT2D eigenvalue weighted by Crippen LogP contribution is 2.34. The molecule has 0 atom stereocenters. The average molecular weight is 316 g/mol. The molecule has 114 valence electrons. The van der Waals surface area contributed by atoms with Crippen molar-refractivity contribution in [3.8, 4) is 17.6 Å². The molecule has 0 saturated carbocycles. The summed E-state index contributed by atoms with van der Waals surface area (Å²) in [6.45, 7) is 4.64. The number of hydrogen-bond donors (Lipinski definition) is 1. The zero-order valence-electron chi connectivity index (χ0n) is 12.4. The monoisotopic (exact) mass is 316 g/mol. The van der Waals surface area contributed by atoms with Crippen molar-refractivity contribution in [3.63, 3.8) is 0 Å². The van der Waals surface area contributed by atoms with Crippen LogP contribution in [-0.4, -0.2) is 19.1 Å². The molecule has 0 aliphatic heterocycles. The lowest BCUT2D eigenvalue weighted by Crippen LogP contribution is -2.12. The van der Waals surface area contributed by atoms with Crippen molar-refractivity contribution < 1.29 is 14.3 Å². The van der Waals surface area contributed by atoms with Crippen molar-refractivity contribution in [2.75, 3.05) is 18.5 Å². The Balaban J connectivity index is 2.35. The van der Waals surface area contributed by atoms with Crippen LogP contribution in [0.15, 0.2) is 29.6 Å². The fourth-order valence-electron chi connectivity index (χ4n) is 1.88. The summed E-state index contributed by atoms with van der Waals surface area (Å²) in [5.41, 5.74) is 0.740. The van der Waals surface area contributed by atoms with Gasteiger partial charge in [0, 0.05) is 12.1 Å². The SMILES string of the molecule is CCOc1cc(C#N)c(NC(=O)c2cccs2)cc1OCC. The van der Waals surface area contributed by atoms with Crippen LogP contribution in [0.1, 0.15) is 29.1 Å². The molecule has 2 rings (SSSR count). The molecule has 0 aliphatic rings. The van der Waals surface area contributed by atoms with E-state index in [-0.39, 0.29) is 5.91 Å². The molecule has 2 aromatic rings. The molecular formula is C16H16N2O3S. The molecule has 1 heterocycles. The molecular weight excluding hydrogens is 300 g/mol. The first-order valence-corrected chi connectivity index (χ1v) is 7.76. The molecule has 0 spiro atoms. The van der Waals surface area contributed by atoms with E-state index in [2.05, 4.69) is 11.4 Å². The highest BCUT2D eigenvalue weighted by Gasteiger charge is 2.15. The Kier molecular flexibility index (Phi) is 5.39. The Morgan fingerprint density at radius 3 is 2.50 bits per heavy atom. The Morgan fingerprint density at radius 1 is 1.27 bits per heavy atom. The predicted octanol–water partition coefficient (Wildman–Crippen LogP) is 3.67. The molecule has 1 N–H and O–H groups in total. The average Bonchev–Trinajstić information content (AvgIpc) is 3.04. The summed E-state index contributed by atoms with van der Waals surface area (Å²) in [4.78, 5) is 12.7. The van der Waals surface area contributed by atoms with Gasteiger partial charge < -0.3 is 14.8 Å². The van der Waals surface area contributed by atoms with E-state index in [9.17, 15) is 10.1 Å². The summed E-state index contributed by atoms with van der Waals surface area (Å²) in [5, 5.41) is 13.8. The van der Waals surface area contributed by atoms with Gasteiger partial charge in [-0.05, 0) is 25.3 Å². The summed E-state index contributed by atoms with van der Waals surface area (Å²) in [6.07, 6.45) is 0. The number of thiophene rings is 1. The standard InChI is InChI=1S/C16H16N2O3S/c1-3-20-13-8-11(10-17)12(9-14(13)21-4-2)18-16(19)15-6-5-7-22-15/h5-9H,3-4H2,1-2H3,(H,18,19). The first-order valence-electron chi connectivity index (χ1n) is 6.88. The topological polar surface area (TPSA) is 71.3 Å². The van der Waals surface area contributed by atoms with Crippen LogP contribution in [-0.2, 0) is 0 Å². The Labute approximate surface area is 133 Å². The minimum absolute atomic E-state index is 0.252. The molecule has 22 heavy (non-hydrogen) atoms. The third-order valence-corrected chi connectivity index (χ3v) is 3.67. The van der Waals surface area contributed by atoms with Crippen LogP contribution in [0, 0.1) is 11.3 Å².